The van der Waals surface area contributed by atoms with E-state index in [9.17, 15) is 20.4 Å². The van der Waals surface area contributed by atoms with Gasteiger partial charge in [0.2, 0.25) is 0 Å². The van der Waals surface area contributed by atoms with Crippen molar-refractivity contribution in [2.45, 2.75) is 105 Å². The molecule has 4 N–H and O–H groups in total. The Labute approximate surface area is 219 Å². The molecule has 0 aliphatic heterocycles. The topological polar surface area (TPSA) is 80.9 Å². The zero-order valence-corrected chi connectivity index (χ0v) is 24.1. The first kappa shape index (κ1) is 30.2. The third-order valence-corrected chi connectivity index (χ3v) is 8.85. The standard InChI is InChI=1S/C32H50O4/c1-20(2)31(6,7)27-18-23(12-10-14-33)16-25(29(27)35)22(5)26-17-24(13-11-15-34)19-28(30(26)36)32(8,9)21(3)4/h16-22,33-36H,10-15H2,1-9H3. The van der Waals surface area contributed by atoms with Crippen molar-refractivity contribution in [1.29, 1.82) is 0 Å². The van der Waals surface area contributed by atoms with Crippen LogP contribution in [-0.4, -0.2) is 33.6 Å². The average Bonchev–Trinajstić information content (AvgIpc) is 2.81. The van der Waals surface area contributed by atoms with Gasteiger partial charge in [-0.3, -0.25) is 0 Å². The second kappa shape index (κ2) is 12.0. The zero-order valence-electron chi connectivity index (χ0n) is 24.1. The molecule has 4 heteroatoms. The monoisotopic (exact) mass is 498 g/mol. The van der Waals surface area contributed by atoms with Gasteiger partial charge in [0, 0.05) is 41.4 Å². The lowest BCUT2D eigenvalue weighted by Gasteiger charge is -2.34. The first-order valence-electron chi connectivity index (χ1n) is 13.6. The van der Waals surface area contributed by atoms with Gasteiger partial charge in [0.25, 0.3) is 0 Å². The normalized spacial score (nSPS) is 12.8. The maximum atomic E-state index is 11.6. The van der Waals surface area contributed by atoms with Crippen molar-refractivity contribution in [3.63, 3.8) is 0 Å². The zero-order chi connectivity index (χ0) is 27.4. The van der Waals surface area contributed by atoms with E-state index in [1.807, 2.05) is 19.1 Å². The molecule has 0 saturated heterocycles. The molecule has 0 heterocycles. The van der Waals surface area contributed by atoms with Crippen molar-refractivity contribution in [2.75, 3.05) is 13.2 Å². The molecule has 2 rings (SSSR count). The third-order valence-electron chi connectivity index (χ3n) is 8.85. The van der Waals surface area contributed by atoms with E-state index in [0.29, 0.717) is 36.2 Å². The minimum absolute atomic E-state index is 0.121. The molecule has 0 unspecified atom stereocenters. The van der Waals surface area contributed by atoms with Crippen molar-refractivity contribution in [1.82, 2.24) is 0 Å². The van der Waals surface area contributed by atoms with Crippen molar-refractivity contribution >= 4 is 0 Å². The van der Waals surface area contributed by atoms with Crippen LogP contribution >= 0.6 is 0 Å². The van der Waals surface area contributed by atoms with E-state index in [2.05, 4.69) is 67.5 Å². The van der Waals surface area contributed by atoms with Crippen LogP contribution in [-0.2, 0) is 23.7 Å². The van der Waals surface area contributed by atoms with Crippen LogP contribution < -0.4 is 0 Å². The second-order valence-electron chi connectivity index (χ2n) is 12.3. The number of aryl methyl sites for hydroxylation is 2. The molecule has 0 aliphatic carbocycles. The quantitative estimate of drug-likeness (QED) is 0.255. The highest BCUT2D eigenvalue weighted by Gasteiger charge is 2.33. The number of rotatable bonds is 12. The van der Waals surface area contributed by atoms with Gasteiger partial charge in [0.05, 0.1) is 0 Å². The van der Waals surface area contributed by atoms with Crippen molar-refractivity contribution in [3.8, 4) is 11.5 Å². The fraction of sp³-hybridized carbons (Fsp3) is 0.625. The molecule has 0 atom stereocenters. The SMILES string of the molecule is CC(c1cc(CCCO)cc(C(C)(C)C(C)C)c1O)c1cc(CCCO)cc(C(C)(C)C(C)C)c1O. The molecule has 0 spiro atoms. The van der Waals surface area contributed by atoms with Crippen LogP contribution in [0.5, 0.6) is 11.5 Å². The van der Waals surface area contributed by atoms with Gasteiger partial charge >= 0.3 is 0 Å². The Kier molecular flexibility index (Phi) is 10.1. The number of aromatic hydroxyl groups is 2. The number of hydrogen-bond donors (Lipinski definition) is 4. The highest BCUT2D eigenvalue weighted by atomic mass is 16.3. The Morgan fingerprint density at radius 2 is 0.944 bits per heavy atom. The van der Waals surface area contributed by atoms with Crippen LogP contribution in [0.25, 0.3) is 0 Å². The number of benzene rings is 2. The Morgan fingerprint density at radius 3 is 1.22 bits per heavy atom. The highest BCUT2D eigenvalue weighted by Crippen LogP contribution is 2.47. The molecule has 202 valence electrons. The summed E-state index contributed by atoms with van der Waals surface area (Å²) >= 11 is 0. The largest absolute Gasteiger partial charge is 0.507 e. The lowest BCUT2D eigenvalue weighted by Crippen LogP contribution is -2.26. The van der Waals surface area contributed by atoms with E-state index >= 15 is 0 Å². The summed E-state index contributed by atoms with van der Waals surface area (Å²) in [4.78, 5) is 0. The summed E-state index contributed by atoms with van der Waals surface area (Å²) in [5.41, 5.74) is 5.11. The lowest BCUT2D eigenvalue weighted by molar-refractivity contribution is 0.288. The Morgan fingerprint density at radius 1 is 0.611 bits per heavy atom. The Bertz CT molecular complexity index is 936. The summed E-state index contributed by atoms with van der Waals surface area (Å²) in [6.45, 7) is 19.6. The van der Waals surface area contributed by atoms with Gasteiger partial charge in [-0.2, -0.15) is 0 Å². The molecule has 0 radical (unpaired) electrons. The summed E-state index contributed by atoms with van der Waals surface area (Å²) in [5.74, 6) is 0.968. The summed E-state index contributed by atoms with van der Waals surface area (Å²) in [7, 11) is 0. The van der Waals surface area contributed by atoms with Gasteiger partial charge < -0.3 is 20.4 Å². The van der Waals surface area contributed by atoms with Crippen LogP contribution in [0.2, 0.25) is 0 Å². The predicted molar refractivity (Wildman–Crippen MR) is 150 cm³/mol. The van der Waals surface area contributed by atoms with Crippen LogP contribution in [0.15, 0.2) is 24.3 Å². The number of aliphatic hydroxyl groups excluding tert-OH is 2. The summed E-state index contributed by atoms with van der Waals surface area (Å²) in [6.07, 6.45) is 2.78. The van der Waals surface area contributed by atoms with Crippen LogP contribution in [0.4, 0.5) is 0 Å². The van der Waals surface area contributed by atoms with Gasteiger partial charge in [-0.1, -0.05) is 86.6 Å². The third kappa shape index (κ3) is 6.26. The first-order chi connectivity index (χ1) is 16.7. The van der Waals surface area contributed by atoms with Gasteiger partial charge in [0.1, 0.15) is 11.5 Å². The summed E-state index contributed by atoms with van der Waals surface area (Å²) in [6, 6.07) is 8.27. The number of phenolic OH excluding ortho intramolecular Hbond substituents is 2. The van der Waals surface area contributed by atoms with Gasteiger partial charge in [-0.15, -0.1) is 0 Å². The molecule has 0 bridgehead atoms. The lowest BCUT2D eigenvalue weighted by atomic mass is 9.71. The molecular formula is C32H50O4. The fourth-order valence-electron chi connectivity index (χ4n) is 4.73. The molecule has 2 aromatic carbocycles. The number of aliphatic hydroxyl groups is 2. The highest BCUT2D eigenvalue weighted by molar-refractivity contribution is 5.56. The smallest absolute Gasteiger partial charge is 0.123 e. The molecule has 2 aromatic rings. The molecule has 36 heavy (non-hydrogen) atoms. The minimum Gasteiger partial charge on any atom is -0.507 e. The van der Waals surface area contributed by atoms with Gasteiger partial charge in [-0.05, 0) is 59.5 Å². The maximum absolute atomic E-state index is 11.6. The van der Waals surface area contributed by atoms with Gasteiger partial charge in [0.15, 0.2) is 0 Å². The predicted octanol–water partition coefficient (Wildman–Crippen LogP) is 6.97. The summed E-state index contributed by atoms with van der Waals surface area (Å²) in [5, 5.41) is 42.1. The van der Waals surface area contributed by atoms with E-state index in [-0.39, 0.29) is 30.0 Å². The minimum atomic E-state index is -0.246. The fourth-order valence-corrected chi connectivity index (χ4v) is 4.73. The van der Waals surface area contributed by atoms with E-state index < -0.39 is 0 Å². The second-order valence-corrected chi connectivity index (χ2v) is 12.3. The van der Waals surface area contributed by atoms with Crippen LogP contribution in [0, 0.1) is 11.8 Å². The molecule has 0 saturated carbocycles. The molecular weight excluding hydrogens is 448 g/mol. The molecule has 4 nitrogen and oxygen atoms in total. The molecule has 0 aliphatic rings. The van der Waals surface area contributed by atoms with E-state index in [4.69, 9.17) is 0 Å². The number of phenols is 2. The van der Waals surface area contributed by atoms with E-state index in [1.54, 1.807) is 0 Å². The first-order valence-corrected chi connectivity index (χ1v) is 13.6. The summed E-state index contributed by atoms with van der Waals surface area (Å²) < 4.78 is 0. The molecule has 0 aromatic heterocycles. The van der Waals surface area contributed by atoms with Crippen LogP contribution in [0.3, 0.4) is 0 Å². The van der Waals surface area contributed by atoms with Crippen molar-refractivity contribution < 1.29 is 20.4 Å². The number of hydrogen-bond acceptors (Lipinski definition) is 4. The van der Waals surface area contributed by atoms with E-state index in [0.717, 1.165) is 46.2 Å². The van der Waals surface area contributed by atoms with Crippen LogP contribution in [0.1, 0.15) is 114 Å². The Balaban J connectivity index is 2.80. The van der Waals surface area contributed by atoms with Crippen molar-refractivity contribution in [3.05, 3.63) is 57.6 Å². The van der Waals surface area contributed by atoms with Gasteiger partial charge in [-0.25, -0.2) is 0 Å². The molecule has 0 amide bonds. The average molecular weight is 499 g/mol. The Hall–Kier alpha value is -2.04. The maximum Gasteiger partial charge on any atom is 0.123 e. The van der Waals surface area contributed by atoms with E-state index in [1.165, 1.54) is 0 Å². The van der Waals surface area contributed by atoms with Crippen molar-refractivity contribution in [2.24, 2.45) is 11.8 Å². The molecule has 0 fully saturated rings.